The molecule has 0 aromatic carbocycles. The van der Waals surface area contributed by atoms with Gasteiger partial charge in [-0.1, -0.05) is 0 Å². The molecule has 64 valence electrons. The van der Waals surface area contributed by atoms with Gasteiger partial charge >= 0.3 is 0 Å². The molecule has 0 aliphatic rings. The van der Waals surface area contributed by atoms with Gasteiger partial charge in [0.25, 0.3) is 0 Å². The third-order valence-corrected chi connectivity index (χ3v) is 1.74. The van der Waals surface area contributed by atoms with Crippen molar-refractivity contribution in [3.8, 4) is 0 Å². The fourth-order valence-electron chi connectivity index (χ4n) is 0.338. The zero-order valence-electron chi connectivity index (χ0n) is 7.75. The van der Waals surface area contributed by atoms with Crippen LogP contribution in [0.1, 0.15) is 6.92 Å². The molecule has 0 atom stereocenters. The first kappa shape index (κ1) is 10.4. The number of nitrogens with zero attached hydrogens (tertiary/aromatic N) is 3. The molecule has 0 aliphatic carbocycles. The van der Waals surface area contributed by atoms with Gasteiger partial charge in [0.05, 0.1) is 0 Å². The summed E-state index contributed by atoms with van der Waals surface area (Å²) in [6.07, 6.45) is 0. The maximum atomic E-state index is 4.99. The van der Waals surface area contributed by atoms with E-state index in [1.54, 1.807) is 0 Å². The highest BCUT2D eigenvalue weighted by atomic mass is 32.1. The normalized spacial score (nSPS) is 11.2. The summed E-state index contributed by atoms with van der Waals surface area (Å²) < 4.78 is 0. The topological polar surface area (TPSA) is 18.8 Å². The van der Waals surface area contributed by atoms with Crippen LogP contribution in [-0.2, 0) is 0 Å². The number of amidine groups is 1. The van der Waals surface area contributed by atoms with E-state index in [-0.39, 0.29) is 0 Å². The van der Waals surface area contributed by atoms with Gasteiger partial charge in [0.2, 0.25) is 0 Å². The minimum Gasteiger partial charge on any atom is -0.366 e. The maximum Gasteiger partial charge on any atom is 0.196 e. The van der Waals surface area contributed by atoms with Gasteiger partial charge < -0.3 is 9.80 Å². The van der Waals surface area contributed by atoms with Gasteiger partial charge in [-0.3, -0.25) is 0 Å². The molecule has 0 aromatic heterocycles. The summed E-state index contributed by atoms with van der Waals surface area (Å²) in [7, 11) is 7.65. The van der Waals surface area contributed by atoms with Crippen LogP contribution in [0, 0.1) is 0 Å². The quantitative estimate of drug-likeness (QED) is 0.307. The first-order valence-corrected chi connectivity index (χ1v) is 3.80. The van der Waals surface area contributed by atoms with Gasteiger partial charge in [-0.2, -0.15) is 0 Å². The number of thiocarbonyl (C=S) groups is 1. The van der Waals surface area contributed by atoms with Crippen molar-refractivity contribution < 1.29 is 0 Å². The van der Waals surface area contributed by atoms with Crippen molar-refractivity contribution in [2.75, 3.05) is 28.2 Å². The van der Waals surface area contributed by atoms with Crippen LogP contribution in [-0.4, -0.2) is 48.9 Å². The van der Waals surface area contributed by atoms with Crippen LogP contribution in [0.25, 0.3) is 0 Å². The van der Waals surface area contributed by atoms with E-state index in [1.165, 1.54) is 0 Å². The molecule has 3 nitrogen and oxygen atoms in total. The molecule has 11 heavy (non-hydrogen) atoms. The SMILES string of the molecule is C/C(=N\C(=S)N(C)C)N(C)C. The maximum absolute atomic E-state index is 4.99. The van der Waals surface area contributed by atoms with Crippen molar-refractivity contribution in [1.82, 2.24) is 9.80 Å². The van der Waals surface area contributed by atoms with Gasteiger partial charge in [-0.05, 0) is 19.1 Å². The van der Waals surface area contributed by atoms with Crippen molar-refractivity contribution in [1.29, 1.82) is 0 Å². The predicted octanol–water partition coefficient (Wildman–Crippen LogP) is 0.813. The third-order valence-electron chi connectivity index (χ3n) is 1.29. The van der Waals surface area contributed by atoms with Gasteiger partial charge in [0.1, 0.15) is 5.84 Å². The Bertz CT molecular complexity index is 173. The van der Waals surface area contributed by atoms with E-state index in [1.807, 2.05) is 44.9 Å². The van der Waals surface area contributed by atoms with Crippen LogP contribution in [0.15, 0.2) is 4.99 Å². The molecule has 0 N–H and O–H groups in total. The standard InChI is InChI=1S/C7H15N3S/c1-6(9(2)3)8-7(11)10(4)5/h1-5H3/b8-6+. The lowest BCUT2D eigenvalue weighted by atomic mass is 10.6. The molecule has 0 radical (unpaired) electrons. The average Bonchev–Trinajstić information content (AvgIpc) is 1.87. The fraction of sp³-hybridized carbons (Fsp3) is 0.714. The average molecular weight is 173 g/mol. The molecule has 0 saturated heterocycles. The van der Waals surface area contributed by atoms with E-state index in [0.717, 1.165) is 5.84 Å². The highest BCUT2D eigenvalue weighted by molar-refractivity contribution is 7.80. The van der Waals surface area contributed by atoms with E-state index in [4.69, 9.17) is 12.2 Å². The summed E-state index contributed by atoms with van der Waals surface area (Å²) in [4.78, 5) is 7.91. The molecule has 0 unspecified atom stereocenters. The molecule has 0 aliphatic heterocycles. The third kappa shape index (κ3) is 3.93. The molecule has 0 aromatic rings. The first-order valence-electron chi connectivity index (χ1n) is 3.39. The van der Waals surface area contributed by atoms with E-state index in [2.05, 4.69) is 4.99 Å². The van der Waals surface area contributed by atoms with E-state index in [0.29, 0.717) is 5.11 Å². The van der Waals surface area contributed by atoms with Crippen LogP contribution in [0.4, 0.5) is 0 Å². The second-order valence-corrected chi connectivity index (χ2v) is 3.10. The Labute approximate surface area is 73.7 Å². The molecular formula is C7H15N3S. The summed E-state index contributed by atoms with van der Waals surface area (Å²) in [5.74, 6) is 0.920. The minimum atomic E-state index is 0.608. The van der Waals surface area contributed by atoms with Crippen LogP contribution in [0.3, 0.4) is 0 Å². The lowest BCUT2D eigenvalue weighted by Crippen LogP contribution is -2.24. The molecular weight excluding hydrogens is 158 g/mol. The Hall–Kier alpha value is -0.640. The molecule has 0 spiro atoms. The number of rotatable bonds is 0. The summed E-state index contributed by atoms with van der Waals surface area (Å²) in [5.41, 5.74) is 0. The number of aliphatic imine (C=N–C) groups is 1. The lowest BCUT2D eigenvalue weighted by molar-refractivity contribution is 0.605. The zero-order chi connectivity index (χ0) is 9.02. The van der Waals surface area contributed by atoms with Crippen molar-refractivity contribution in [3.63, 3.8) is 0 Å². The van der Waals surface area contributed by atoms with E-state index < -0.39 is 0 Å². The molecule has 0 heterocycles. The van der Waals surface area contributed by atoms with E-state index in [9.17, 15) is 0 Å². The van der Waals surface area contributed by atoms with Crippen molar-refractivity contribution >= 4 is 23.2 Å². The van der Waals surface area contributed by atoms with Gasteiger partial charge in [-0.25, -0.2) is 4.99 Å². The lowest BCUT2D eigenvalue weighted by Gasteiger charge is -2.14. The van der Waals surface area contributed by atoms with Crippen molar-refractivity contribution in [3.05, 3.63) is 0 Å². The number of hydrogen-bond acceptors (Lipinski definition) is 1. The summed E-state index contributed by atoms with van der Waals surface area (Å²) in [6.45, 7) is 1.93. The fourth-order valence-corrected chi connectivity index (χ4v) is 0.471. The van der Waals surface area contributed by atoms with Crippen LogP contribution >= 0.6 is 12.2 Å². The van der Waals surface area contributed by atoms with Crippen molar-refractivity contribution in [2.24, 2.45) is 4.99 Å². The monoisotopic (exact) mass is 173 g/mol. The van der Waals surface area contributed by atoms with Crippen LogP contribution in [0.2, 0.25) is 0 Å². The molecule has 4 heteroatoms. The molecule has 0 rings (SSSR count). The van der Waals surface area contributed by atoms with Gasteiger partial charge in [-0.15, -0.1) is 0 Å². The molecule has 0 fully saturated rings. The summed E-state index contributed by atoms with van der Waals surface area (Å²) in [5, 5.41) is 0.608. The Kier molecular flexibility index (Phi) is 4.03. The Morgan fingerprint density at radius 1 is 1.09 bits per heavy atom. The second kappa shape index (κ2) is 4.28. The largest absolute Gasteiger partial charge is 0.366 e. The van der Waals surface area contributed by atoms with Crippen molar-refractivity contribution in [2.45, 2.75) is 6.92 Å². The van der Waals surface area contributed by atoms with Crippen LogP contribution in [0.5, 0.6) is 0 Å². The van der Waals surface area contributed by atoms with Crippen LogP contribution < -0.4 is 0 Å². The Balaban J connectivity index is 4.20. The molecule has 0 bridgehead atoms. The number of hydrogen-bond donors (Lipinski definition) is 0. The highest BCUT2D eigenvalue weighted by Gasteiger charge is 1.97. The predicted molar refractivity (Wildman–Crippen MR) is 53.1 cm³/mol. The zero-order valence-corrected chi connectivity index (χ0v) is 8.57. The first-order chi connectivity index (χ1) is 4.95. The Morgan fingerprint density at radius 2 is 1.55 bits per heavy atom. The van der Waals surface area contributed by atoms with Gasteiger partial charge in [0.15, 0.2) is 5.11 Å². The molecule has 0 amide bonds. The van der Waals surface area contributed by atoms with Gasteiger partial charge in [0, 0.05) is 28.2 Å². The highest BCUT2D eigenvalue weighted by Crippen LogP contribution is 1.89. The van der Waals surface area contributed by atoms with E-state index >= 15 is 0 Å². The second-order valence-electron chi connectivity index (χ2n) is 2.73. The Morgan fingerprint density at radius 3 is 1.82 bits per heavy atom. The summed E-state index contributed by atoms with van der Waals surface area (Å²) in [6, 6.07) is 0. The molecule has 0 saturated carbocycles. The summed E-state index contributed by atoms with van der Waals surface area (Å²) >= 11 is 4.99. The smallest absolute Gasteiger partial charge is 0.196 e. The minimum absolute atomic E-state index is 0.608.